The van der Waals surface area contributed by atoms with Gasteiger partial charge in [0.1, 0.15) is 5.82 Å². The predicted molar refractivity (Wildman–Crippen MR) is 67.1 cm³/mol. The Bertz CT molecular complexity index is 404. The van der Waals surface area contributed by atoms with Crippen LogP contribution in [0.15, 0.2) is 18.2 Å². The van der Waals surface area contributed by atoms with E-state index in [4.69, 9.17) is 9.84 Å². The lowest BCUT2D eigenvalue weighted by Crippen LogP contribution is -2.07. The van der Waals surface area contributed by atoms with Gasteiger partial charge in [-0.3, -0.25) is 0 Å². The second kappa shape index (κ2) is 7.11. The third-order valence-corrected chi connectivity index (χ3v) is 2.71. The van der Waals surface area contributed by atoms with Gasteiger partial charge < -0.3 is 9.84 Å². The number of hydrogen-bond donors (Lipinski definition) is 1. The van der Waals surface area contributed by atoms with Crippen LogP contribution in [-0.4, -0.2) is 17.7 Å². The Morgan fingerprint density at radius 3 is 2.83 bits per heavy atom. The monoisotopic (exact) mass is 254 g/mol. The lowest BCUT2D eigenvalue weighted by Gasteiger charge is -2.11. The molecule has 0 amide bonds. The molecule has 0 spiro atoms. The van der Waals surface area contributed by atoms with Gasteiger partial charge in [0.15, 0.2) is 0 Å². The van der Waals surface area contributed by atoms with Crippen molar-refractivity contribution in [3.8, 4) is 0 Å². The smallest absolute Gasteiger partial charge is 0.338 e. The van der Waals surface area contributed by atoms with E-state index < -0.39 is 11.8 Å². The van der Waals surface area contributed by atoms with Gasteiger partial charge in [-0.2, -0.15) is 0 Å². The lowest BCUT2D eigenvalue weighted by molar-refractivity contribution is 0.0690. The first-order valence-corrected chi connectivity index (χ1v) is 6.14. The number of carbonyl (C=O) groups is 1. The Hall–Kier alpha value is -1.42. The molecule has 0 fully saturated rings. The van der Waals surface area contributed by atoms with Crippen molar-refractivity contribution < 1.29 is 19.0 Å². The molecule has 0 aromatic heterocycles. The molecular weight excluding hydrogens is 235 g/mol. The maximum absolute atomic E-state index is 13.1. The van der Waals surface area contributed by atoms with Gasteiger partial charge in [-0.05, 0) is 30.0 Å². The van der Waals surface area contributed by atoms with Crippen LogP contribution < -0.4 is 0 Å². The summed E-state index contributed by atoms with van der Waals surface area (Å²) in [7, 11) is 0. The van der Waals surface area contributed by atoms with E-state index in [1.807, 2.05) is 0 Å². The molecule has 0 aliphatic rings. The summed E-state index contributed by atoms with van der Waals surface area (Å²) in [5.41, 5.74) is 0.371. The number of hydrogen-bond acceptors (Lipinski definition) is 2. The summed E-state index contributed by atoms with van der Waals surface area (Å²) in [5.74, 6) is -1.49. The van der Waals surface area contributed by atoms with E-state index in [1.165, 1.54) is 6.07 Å². The van der Waals surface area contributed by atoms with Crippen LogP contribution in [0.25, 0.3) is 0 Å². The van der Waals surface area contributed by atoms with Gasteiger partial charge in [-0.25, -0.2) is 9.18 Å². The van der Waals surface area contributed by atoms with Gasteiger partial charge in [0.25, 0.3) is 0 Å². The summed E-state index contributed by atoms with van der Waals surface area (Å²) in [6.07, 6.45) is 2.22. The van der Waals surface area contributed by atoms with Crippen molar-refractivity contribution >= 4 is 5.97 Å². The van der Waals surface area contributed by atoms with Crippen molar-refractivity contribution in [3.63, 3.8) is 0 Å². The fourth-order valence-corrected chi connectivity index (χ4v) is 1.78. The van der Waals surface area contributed by atoms with Gasteiger partial charge in [0.05, 0.1) is 12.2 Å². The Balaban J connectivity index is 2.53. The number of ether oxygens (including phenoxy) is 1. The molecule has 4 heteroatoms. The van der Waals surface area contributed by atoms with Crippen molar-refractivity contribution in [3.05, 3.63) is 35.1 Å². The van der Waals surface area contributed by atoms with Gasteiger partial charge >= 0.3 is 5.97 Å². The normalized spacial score (nSPS) is 12.4. The zero-order valence-electron chi connectivity index (χ0n) is 10.8. The number of benzene rings is 1. The van der Waals surface area contributed by atoms with Crippen molar-refractivity contribution in [2.45, 2.75) is 33.3 Å². The number of carboxylic acid groups (broad SMARTS) is 1. The molecule has 1 unspecified atom stereocenters. The molecule has 100 valence electrons. The first-order valence-electron chi connectivity index (χ1n) is 6.14. The fraction of sp³-hybridized carbons (Fsp3) is 0.500. The van der Waals surface area contributed by atoms with E-state index in [-0.39, 0.29) is 5.56 Å². The standard InChI is InChI=1S/C14H19FO3/c1-3-4-10(2)8-18-9-11-5-6-13(15)12(7-11)14(16)17/h5-7,10H,3-4,8-9H2,1-2H3,(H,16,17). The second-order valence-corrected chi connectivity index (χ2v) is 4.53. The molecular formula is C14H19FO3. The van der Waals surface area contributed by atoms with Crippen molar-refractivity contribution in [2.24, 2.45) is 5.92 Å². The van der Waals surface area contributed by atoms with E-state index in [9.17, 15) is 9.18 Å². The molecule has 0 saturated heterocycles. The third-order valence-electron chi connectivity index (χ3n) is 2.71. The van der Waals surface area contributed by atoms with E-state index in [0.717, 1.165) is 18.9 Å². The third kappa shape index (κ3) is 4.45. The molecule has 0 heterocycles. The van der Waals surface area contributed by atoms with Gasteiger partial charge in [-0.1, -0.05) is 26.3 Å². The van der Waals surface area contributed by atoms with E-state index >= 15 is 0 Å². The lowest BCUT2D eigenvalue weighted by atomic mass is 10.1. The molecule has 0 saturated carbocycles. The maximum Gasteiger partial charge on any atom is 0.338 e. The van der Waals surface area contributed by atoms with E-state index in [2.05, 4.69) is 13.8 Å². The molecule has 0 bridgehead atoms. The number of carboxylic acids is 1. The zero-order valence-corrected chi connectivity index (χ0v) is 10.8. The Morgan fingerprint density at radius 1 is 1.50 bits per heavy atom. The highest BCUT2D eigenvalue weighted by molar-refractivity contribution is 5.88. The summed E-state index contributed by atoms with van der Waals surface area (Å²) in [4.78, 5) is 10.8. The van der Waals surface area contributed by atoms with Gasteiger partial charge in [-0.15, -0.1) is 0 Å². The van der Waals surface area contributed by atoms with E-state index in [1.54, 1.807) is 6.07 Å². The Morgan fingerprint density at radius 2 is 2.22 bits per heavy atom. The Kier molecular flexibility index (Phi) is 5.78. The van der Waals surface area contributed by atoms with Crippen LogP contribution >= 0.6 is 0 Å². The molecule has 0 aliphatic carbocycles. The van der Waals surface area contributed by atoms with E-state index in [0.29, 0.717) is 24.7 Å². The molecule has 1 N–H and O–H groups in total. The predicted octanol–water partition coefficient (Wildman–Crippen LogP) is 3.48. The zero-order chi connectivity index (χ0) is 13.5. The Labute approximate surface area is 107 Å². The molecule has 0 radical (unpaired) electrons. The van der Waals surface area contributed by atoms with Crippen LogP contribution in [0.3, 0.4) is 0 Å². The van der Waals surface area contributed by atoms with Gasteiger partial charge in [0.2, 0.25) is 0 Å². The summed E-state index contributed by atoms with van der Waals surface area (Å²) in [5, 5.41) is 8.79. The largest absolute Gasteiger partial charge is 0.478 e. The fourth-order valence-electron chi connectivity index (χ4n) is 1.78. The van der Waals surface area contributed by atoms with Gasteiger partial charge in [0, 0.05) is 6.61 Å². The molecule has 18 heavy (non-hydrogen) atoms. The average Bonchev–Trinajstić information content (AvgIpc) is 2.31. The highest BCUT2D eigenvalue weighted by atomic mass is 19.1. The first-order chi connectivity index (χ1) is 8.54. The van der Waals surface area contributed by atoms with Crippen LogP contribution in [0, 0.1) is 11.7 Å². The highest BCUT2D eigenvalue weighted by Gasteiger charge is 2.11. The van der Waals surface area contributed by atoms with Crippen LogP contribution in [0.1, 0.15) is 42.6 Å². The average molecular weight is 254 g/mol. The number of halogens is 1. The van der Waals surface area contributed by atoms with Crippen LogP contribution in [0.2, 0.25) is 0 Å². The minimum atomic E-state index is -1.26. The SMILES string of the molecule is CCCC(C)COCc1ccc(F)c(C(=O)O)c1. The molecule has 0 aliphatic heterocycles. The molecule has 1 aromatic carbocycles. The number of rotatable bonds is 7. The van der Waals surface area contributed by atoms with Crippen LogP contribution in [0.4, 0.5) is 4.39 Å². The van der Waals surface area contributed by atoms with Crippen molar-refractivity contribution in [2.75, 3.05) is 6.61 Å². The first kappa shape index (κ1) is 14.6. The summed E-state index contributed by atoms with van der Waals surface area (Å²) >= 11 is 0. The molecule has 1 rings (SSSR count). The summed E-state index contributed by atoms with van der Waals surface area (Å²) < 4.78 is 18.6. The molecule has 3 nitrogen and oxygen atoms in total. The van der Waals surface area contributed by atoms with Crippen molar-refractivity contribution in [1.82, 2.24) is 0 Å². The minimum Gasteiger partial charge on any atom is -0.478 e. The maximum atomic E-state index is 13.1. The van der Waals surface area contributed by atoms with Crippen molar-refractivity contribution in [1.29, 1.82) is 0 Å². The van der Waals surface area contributed by atoms with Crippen LogP contribution in [-0.2, 0) is 11.3 Å². The summed E-state index contributed by atoms with van der Waals surface area (Å²) in [6.45, 7) is 5.18. The van der Waals surface area contributed by atoms with Crippen LogP contribution in [0.5, 0.6) is 0 Å². The summed E-state index contributed by atoms with van der Waals surface area (Å²) in [6, 6.07) is 4.03. The minimum absolute atomic E-state index is 0.308. The quantitative estimate of drug-likeness (QED) is 0.810. The second-order valence-electron chi connectivity index (χ2n) is 4.53. The highest BCUT2D eigenvalue weighted by Crippen LogP contribution is 2.13. The topological polar surface area (TPSA) is 46.5 Å². The number of aromatic carboxylic acids is 1. The molecule has 1 atom stereocenters. The molecule has 1 aromatic rings.